The van der Waals surface area contributed by atoms with Crippen LogP contribution in [0.2, 0.25) is 0 Å². The normalized spacial score (nSPS) is 18.5. The molecule has 1 heterocycles. The van der Waals surface area contributed by atoms with E-state index in [1.165, 1.54) is 12.8 Å². The second-order valence-electron chi connectivity index (χ2n) is 4.45. The summed E-state index contributed by atoms with van der Waals surface area (Å²) in [6.45, 7) is 1.87. The Bertz CT molecular complexity index is 410. The van der Waals surface area contributed by atoms with Crippen molar-refractivity contribution in [2.24, 2.45) is 5.73 Å². The number of carbonyl (C=O) groups excluding carboxylic acids is 1. The first-order valence-electron chi connectivity index (χ1n) is 5.92. The van der Waals surface area contributed by atoms with Crippen LogP contribution in [0.1, 0.15) is 60.9 Å². The van der Waals surface area contributed by atoms with Gasteiger partial charge in [-0.05, 0) is 19.8 Å². The molecule has 2 rings (SSSR count). The second-order valence-corrected chi connectivity index (χ2v) is 4.45. The number of primary amides is 1. The van der Waals surface area contributed by atoms with Crippen molar-refractivity contribution in [1.82, 2.24) is 15.0 Å². The van der Waals surface area contributed by atoms with Crippen LogP contribution in [0.5, 0.6) is 0 Å². The lowest BCUT2D eigenvalue weighted by Crippen LogP contribution is -2.19. The van der Waals surface area contributed by atoms with E-state index in [0.29, 0.717) is 11.7 Å². The van der Waals surface area contributed by atoms with E-state index < -0.39 is 5.91 Å². The Morgan fingerprint density at radius 3 is 2.71 bits per heavy atom. The molecule has 6 heteroatoms. The quantitative estimate of drug-likeness (QED) is 0.854. The SMILES string of the molecule is COC(C)c1c(C(N)=O)nnn1C1CCCC1. The molecule has 1 amide bonds. The molecule has 94 valence electrons. The van der Waals surface area contributed by atoms with Gasteiger partial charge in [-0.2, -0.15) is 0 Å². The second kappa shape index (κ2) is 4.83. The number of aromatic nitrogens is 3. The van der Waals surface area contributed by atoms with Crippen LogP contribution in [-0.2, 0) is 4.74 Å². The predicted molar refractivity (Wildman–Crippen MR) is 61.5 cm³/mol. The van der Waals surface area contributed by atoms with Crippen LogP contribution in [0.25, 0.3) is 0 Å². The number of hydrogen-bond donors (Lipinski definition) is 1. The van der Waals surface area contributed by atoms with Gasteiger partial charge in [0.25, 0.3) is 5.91 Å². The minimum absolute atomic E-state index is 0.228. The van der Waals surface area contributed by atoms with E-state index in [2.05, 4.69) is 10.3 Å². The summed E-state index contributed by atoms with van der Waals surface area (Å²) in [5.41, 5.74) is 6.24. The van der Waals surface area contributed by atoms with Crippen molar-refractivity contribution in [1.29, 1.82) is 0 Å². The number of nitrogens with two attached hydrogens (primary N) is 1. The maximum absolute atomic E-state index is 11.3. The third-order valence-electron chi connectivity index (χ3n) is 3.37. The summed E-state index contributed by atoms with van der Waals surface area (Å²) in [6.07, 6.45) is 4.30. The summed E-state index contributed by atoms with van der Waals surface area (Å²) in [5, 5.41) is 7.96. The van der Waals surface area contributed by atoms with Crippen molar-refractivity contribution in [2.45, 2.75) is 44.8 Å². The molecule has 17 heavy (non-hydrogen) atoms. The summed E-state index contributed by atoms with van der Waals surface area (Å²) in [5.74, 6) is -0.548. The zero-order valence-corrected chi connectivity index (χ0v) is 10.2. The largest absolute Gasteiger partial charge is 0.375 e. The van der Waals surface area contributed by atoms with E-state index in [1.807, 2.05) is 11.6 Å². The average Bonchev–Trinajstić information content (AvgIpc) is 2.95. The number of nitrogens with zero attached hydrogens (tertiary/aromatic N) is 3. The van der Waals surface area contributed by atoms with Crippen molar-refractivity contribution in [3.63, 3.8) is 0 Å². The van der Waals surface area contributed by atoms with E-state index in [0.717, 1.165) is 12.8 Å². The maximum Gasteiger partial charge on any atom is 0.271 e. The Hall–Kier alpha value is -1.43. The molecule has 0 aromatic carbocycles. The topological polar surface area (TPSA) is 83.0 Å². The lowest BCUT2D eigenvalue weighted by molar-refractivity contribution is 0.0956. The smallest absolute Gasteiger partial charge is 0.271 e. The van der Waals surface area contributed by atoms with Gasteiger partial charge in [0.2, 0.25) is 0 Å². The number of methoxy groups -OCH3 is 1. The lowest BCUT2D eigenvalue weighted by Gasteiger charge is -2.17. The highest BCUT2D eigenvalue weighted by atomic mass is 16.5. The van der Waals surface area contributed by atoms with Crippen molar-refractivity contribution in [3.05, 3.63) is 11.4 Å². The van der Waals surface area contributed by atoms with Gasteiger partial charge in [0, 0.05) is 7.11 Å². The van der Waals surface area contributed by atoms with E-state index in [4.69, 9.17) is 10.5 Å². The summed E-state index contributed by atoms with van der Waals surface area (Å²) in [6, 6.07) is 0.322. The first kappa shape index (κ1) is 12.0. The molecule has 6 nitrogen and oxygen atoms in total. The summed E-state index contributed by atoms with van der Waals surface area (Å²) in [7, 11) is 1.60. The zero-order valence-electron chi connectivity index (χ0n) is 10.2. The Labute approximate surface area is 100 Å². The molecule has 0 radical (unpaired) electrons. The van der Waals surface area contributed by atoms with Crippen LogP contribution >= 0.6 is 0 Å². The van der Waals surface area contributed by atoms with E-state index in [9.17, 15) is 4.79 Å². The number of rotatable bonds is 4. The van der Waals surface area contributed by atoms with Gasteiger partial charge >= 0.3 is 0 Å². The maximum atomic E-state index is 11.3. The van der Waals surface area contributed by atoms with Crippen molar-refractivity contribution in [2.75, 3.05) is 7.11 Å². The first-order valence-corrected chi connectivity index (χ1v) is 5.92. The highest BCUT2D eigenvalue weighted by Crippen LogP contribution is 2.32. The molecule has 1 fully saturated rings. The molecule has 0 aliphatic heterocycles. The van der Waals surface area contributed by atoms with Gasteiger partial charge in [-0.3, -0.25) is 4.79 Å². The average molecular weight is 238 g/mol. The van der Waals surface area contributed by atoms with Crippen LogP contribution in [-0.4, -0.2) is 28.0 Å². The molecule has 1 aliphatic carbocycles. The molecule has 0 bridgehead atoms. The minimum Gasteiger partial charge on any atom is -0.375 e. The molecule has 0 saturated heterocycles. The van der Waals surface area contributed by atoms with E-state index in [-0.39, 0.29) is 11.8 Å². The molecule has 2 N–H and O–H groups in total. The van der Waals surface area contributed by atoms with Crippen LogP contribution < -0.4 is 5.73 Å². The summed E-state index contributed by atoms with van der Waals surface area (Å²) < 4.78 is 7.10. The van der Waals surface area contributed by atoms with Gasteiger partial charge in [0.15, 0.2) is 5.69 Å². The summed E-state index contributed by atoms with van der Waals surface area (Å²) in [4.78, 5) is 11.3. The fourth-order valence-electron chi connectivity index (χ4n) is 2.39. The fraction of sp³-hybridized carbons (Fsp3) is 0.727. The van der Waals surface area contributed by atoms with E-state index >= 15 is 0 Å². The third-order valence-corrected chi connectivity index (χ3v) is 3.37. The molecule has 0 spiro atoms. The standard InChI is InChI=1S/C11H18N4O2/c1-7(17-2)10-9(11(12)16)13-14-15(10)8-5-3-4-6-8/h7-8H,3-6H2,1-2H3,(H2,12,16). The Balaban J connectivity index is 2.40. The fourth-order valence-corrected chi connectivity index (χ4v) is 2.39. The Morgan fingerprint density at radius 1 is 1.53 bits per heavy atom. The number of hydrogen-bond acceptors (Lipinski definition) is 4. The minimum atomic E-state index is -0.548. The third kappa shape index (κ3) is 2.17. The van der Waals surface area contributed by atoms with Crippen LogP contribution in [0, 0.1) is 0 Å². The number of carbonyl (C=O) groups is 1. The molecular weight excluding hydrogens is 220 g/mol. The highest BCUT2D eigenvalue weighted by Gasteiger charge is 2.28. The first-order chi connectivity index (χ1) is 8.15. The number of amides is 1. The van der Waals surface area contributed by atoms with Gasteiger partial charge in [-0.25, -0.2) is 4.68 Å². The molecular formula is C11H18N4O2. The van der Waals surface area contributed by atoms with Gasteiger partial charge in [-0.15, -0.1) is 5.10 Å². The van der Waals surface area contributed by atoms with Gasteiger partial charge in [-0.1, -0.05) is 18.1 Å². The zero-order chi connectivity index (χ0) is 12.4. The van der Waals surface area contributed by atoms with Crippen LogP contribution in [0.3, 0.4) is 0 Å². The van der Waals surface area contributed by atoms with E-state index in [1.54, 1.807) is 7.11 Å². The van der Waals surface area contributed by atoms with Crippen molar-refractivity contribution < 1.29 is 9.53 Å². The highest BCUT2D eigenvalue weighted by molar-refractivity contribution is 5.91. The van der Waals surface area contributed by atoms with Crippen molar-refractivity contribution in [3.8, 4) is 0 Å². The Kier molecular flexibility index (Phi) is 3.42. The predicted octanol–water partition coefficient (Wildman–Crippen LogP) is 1.20. The molecule has 1 aliphatic rings. The summed E-state index contributed by atoms with van der Waals surface area (Å²) >= 11 is 0. The molecule has 1 unspecified atom stereocenters. The van der Waals surface area contributed by atoms with Crippen molar-refractivity contribution >= 4 is 5.91 Å². The monoisotopic (exact) mass is 238 g/mol. The molecule has 1 atom stereocenters. The van der Waals surface area contributed by atoms with Gasteiger partial charge < -0.3 is 10.5 Å². The lowest BCUT2D eigenvalue weighted by atomic mass is 10.1. The van der Waals surface area contributed by atoms with Gasteiger partial charge in [0.1, 0.15) is 5.69 Å². The van der Waals surface area contributed by atoms with Crippen LogP contribution in [0.4, 0.5) is 0 Å². The van der Waals surface area contributed by atoms with Gasteiger partial charge in [0.05, 0.1) is 12.1 Å². The number of ether oxygens (including phenoxy) is 1. The van der Waals surface area contributed by atoms with Crippen LogP contribution in [0.15, 0.2) is 0 Å². The molecule has 1 saturated carbocycles. The Morgan fingerprint density at radius 2 is 2.18 bits per heavy atom. The molecule has 1 aromatic rings. The molecule has 1 aromatic heterocycles.